The molecule has 0 saturated carbocycles. The first-order chi connectivity index (χ1) is 12.1. The Morgan fingerprint density at radius 1 is 1.15 bits per heavy atom. The largest absolute Gasteiger partial charge is 0.350 e. The highest BCUT2D eigenvalue weighted by Gasteiger charge is 2.22. The number of benzene rings is 2. The molecule has 0 atom stereocenters. The Morgan fingerprint density at radius 2 is 1.81 bits per heavy atom. The molecule has 0 aliphatic rings. The summed E-state index contributed by atoms with van der Waals surface area (Å²) in [7, 11) is -4.11. The molecule has 8 nitrogen and oxygen atoms in total. The molecule has 1 amide bonds. The quantitative estimate of drug-likeness (QED) is 0.593. The molecule has 0 fully saturated rings. The van der Waals surface area contributed by atoms with Crippen LogP contribution >= 0.6 is 0 Å². The third-order valence-corrected chi connectivity index (χ3v) is 4.89. The van der Waals surface area contributed by atoms with Crippen LogP contribution in [0.4, 0.5) is 11.4 Å². The van der Waals surface area contributed by atoms with Gasteiger partial charge in [-0.25, -0.2) is 8.42 Å². The van der Waals surface area contributed by atoms with Gasteiger partial charge in [-0.1, -0.05) is 18.2 Å². The van der Waals surface area contributed by atoms with Crippen LogP contribution < -0.4 is 10.0 Å². The topological polar surface area (TPSA) is 118 Å². The van der Waals surface area contributed by atoms with Crippen molar-refractivity contribution in [3.05, 3.63) is 63.7 Å². The van der Waals surface area contributed by atoms with E-state index in [4.69, 9.17) is 0 Å². The molecule has 0 radical (unpaired) electrons. The highest BCUT2D eigenvalue weighted by Crippen LogP contribution is 2.25. The van der Waals surface area contributed by atoms with Gasteiger partial charge < -0.3 is 5.32 Å². The molecule has 9 heteroatoms. The van der Waals surface area contributed by atoms with Crippen molar-refractivity contribution in [1.29, 1.82) is 0 Å². The molecule has 138 valence electrons. The number of carbonyl (C=O) groups excluding carboxylic acids is 1. The maximum absolute atomic E-state index is 12.6. The van der Waals surface area contributed by atoms with Gasteiger partial charge in [0.25, 0.3) is 21.6 Å². The van der Waals surface area contributed by atoms with Gasteiger partial charge in [0.15, 0.2) is 0 Å². The maximum atomic E-state index is 12.6. The number of nitrogens with zero attached hydrogens (tertiary/aromatic N) is 1. The van der Waals surface area contributed by atoms with Crippen molar-refractivity contribution in [2.45, 2.75) is 31.7 Å². The summed E-state index contributed by atoms with van der Waals surface area (Å²) in [5.74, 6) is -0.423. The van der Waals surface area contributed by atoms with E-state index in [9.17, 15) is 23.3 Å². The van der Waals surface area contributed by atoms with Gasteiger partial charge in [-0.3, -0.25) is 19.6 Å². The second-order valence-electron chi connectivity index (χ2n) is 5.98. The van der Waals surface area contributed by atoms with E-state index in [0.29, 0.717) is 5.56 Å². The number of nitro groups is 1. The minimum atomic E-state index is -4.11. The van der Waals surface area contributed by atoms with E-state index in [0.717, 1.165) is 6.07 Å². The minimum absolute atomic E-state index is 0.0916. The first-order valence-electron chi connectivity index (χ1n) is 7.79. The summed E-state index contributed by atoms with van der Waals surface area (Å²) in [6.45, 7) is 5.10. The number of nitro benzene ring substituents is 1. The fourth-order valence-electron chi connectivity index (χ4n) is 2.27. The zero-order valence-electron chi connectivity index (χ0n) is 14.5. The molecule has 2 rings (SSSR count). The highest BCUT2D eigenvalue weighted by atomic mass is 32.2. The number of aryl methyl sites for hydroxylation is 1. The van der Waals surface area contributed by atoms with Gasteiger partial charge in [0, 0.05) is 17.7 Å². The van der Waals surface area contributed by atoms with E-state index in [1.165, 1.54) is 31.2 Å². The molecule has 0 aromatic heterocycles. The Balaban J connectivity index is 2.41. The summed E-state index contributed by atoms with van der Waals surface area (Å²) in [6.07, 6.45) is 0. The van der Waals surface area contributed by atoms with Crippen LogP contribution in [-0.2, 0) is 10.0 Å². The standard InChI is InChI=1S/C17H19N3O5S/c1-11(2)18-17(21)14-6-4-5-7-15(14)19-26(24,25)13-9-8-12(3)16(10-13)20(22)23/h4-11,19H,1-3H3,(H,18,21). The van der Waals surface area contributed by atoms with Crippen molar-refractivity contribution >= 4 is 27.3 Å². The average molecular weight is 377 g/mol. The molecule has 0 aliphatic carbocycles. The number of para-hydroxylation sites is 1. The second-order valence-corrected chi connectivity index (χ2v) is 7.67. The molecular formula is C17H19N3O5S. The van der Waals surface area contributed by atoms with E-state index in [2.05, 4.69) is 10.0 Å². The molecule has 0 bridgehead atoms. The van der Waals surface area contributed by atoms with Crippen LogP contribution in [-0.4, -0.2) is 25.3 Å². The molecule has 26 heavy (non-hydrogen) atoms. The van der Waals surface area contributed by atoms with Crippen LogP contribution in [0.5, 0.6) is 0 Å². The predicted molar refractivity (Wildman–Crippen MR) is 97.7 cm³/mol. The number of amides is 1. The van der Waals surface area contributed by atoms with E-state index in [1.54, 1.807) is 26.0 Å². The van der Waals surface area contributed by atoms with Crippen molar-refractivity contribution in [1.82, 2.24) is 5.32 Å². The predicted octanol–water partition coefficient (Wildman–Crippen LogP) is 2.84. The third-order valence-electron chi connectivity index (χ3n) is 3.52. The minimum Gasteiger partial charge on any atom is -0.350 e. The molecule has 0 saturated heterocycles. The van der Waals surface area contributed by atoms with Gasteiger partial charge in [0.05, 0.1) is 21.1 Å². The molecule has 0 heterocycles. The summed E-state index contributed by atoms with van der Waals surface area (Å²) in [5, 5.41) is 13.7. The Kier molecular flexibility index (Phi) is 5.61. The average Bonchev–Trinajstić information content (AvgIpc) is 2.54. The number of anilines is 1. The Bertz CT molecular complexity index is 955. The zero-order valence-corrected chi connectivity index (χ0v) is 15.3. The fourth-order valence-corrected chi connectivity index (χ4v) is 3.37. The van der Waals surface area contributed by atoms with Gasteiger partial charge >= 0.3 is 0 Å². The first-order valence-corrected chi connectivity index (χ1v) is 9.28. The summed E-state index contributed by atoms with van der Waals surface area (Å²) in [5.41, 5.74) is 0.310. The van der Waals surface area contributed by atoms with Crippen LogP contribution in [0.25, 0.3) is 0 Å². The Labute approximate surface area is 151 Å². The maximum Gasteiger partial charge on any atom is 0.273 e. The lowest BCUT2D eigenvalue weighted by Gasteiger charge is -2.14. The first kappa shape index (κ1) is 19.4. The van der Waals surface area contributed by atoms with Crippen LogP contribution in [0.1, 0.15) is 29.8 Å². The molecule has 0 aliphatic heterocycles. The van der Waals surface area contributed by atoms with E-state index in [1.807, 2.05) is 0 Å². The summed E-state index contributed by atoms with van der Waals surface area (Å²) >= 11 is 0. The number of sulfonamides is 1. The summed E-state index contributed by atoms with van der Waals surface area (Å²) in [4.78, 5) is 22.4. The second kappa shape index (κ2) is 7.52. The van der Waals surface area contributed by atoms with E-state index in [-0.39, 0.29) is 27.9 Å². The van der Waals surface area contributed by atoms with Gasteiger partial charge in [0.1, 0.15) is 0 Å². The van der Waals surface area contributed by atoms with Gasteiger partial charge in [-0.05, 0) is 39.0 Å². The van der Waals surface area contributed by atoms with Gasteiger partial charge in [-0.2, -0.15) is 0 Å². The number of hydrogen-bond donors (Lipinski definition) is 2. The number of nitrogens with one attached hydrogen (secondary N) is 2. The van der Waals surface area contributed by atoms with Crippen molar-refractivity contribution < 1.29 is 18.1 Å². The SMILES string of the molecule is Cc1ccc(S(=O)(=O)Nc2ccccc2C(=O)NC(C)C)cc1[N+](=O)[O-]. The third kappa shape index (κ3) is 4.37. The van der Waals surface area contributed by atoms with Crippen molar-refractivity contribution in [3.8, 4) is 0 Å². The number of rotatable bonds is 6. The number of hydrogen-bond acceptors (Lipinski definition) is 5. The van der Waals surface area contributed by atoms with Gasteiger partial charge in [-0.15, -0.1) is 0 Å². The molecule has 2 N–H and O–H groups in total. The van der Waals surface area contributed by atoms with Crippen LogP contribution in [0.2, 0.25) is 0 Å². The van der Waals surface area contributed by atoms with Crippen LogP contribution in [0, 0.1) is 17.0 Å². The fraction of sp³-hybridized carbons (Fsp3) is 0.235. The van der Waals surface area contributed by atoms with Crippen molar-refractivity contribution in [2.75, 3.05) is 4.72 Å². The van der Waals surface area contributed by atoms with Gasteiger partial charge in [0.2, 0.25) is 0 Å². The van der Waals surface area contributed by atoms with Crippen LogP contribution in [0.15, 0.2) is 47.4 Å². The monoisotopic (exact) mass is 377 g/mol. The Morgan fingerprint density at radius 3 is 2.42 bits per heavy atom. The lowest BCUT2D eigenvalue weighted by atomic mass is 10.1. The van der Waals surface area contributed by atoms with E-state index < -0.39 is 20.9 Å². The van der Waals surface area contributed by atoms with Crippen molar-refractivity contribution in [2.24, 2.45) is 0 Å². The highest BCUT2D eigenvalue weighted by molar-refractivity contribution is 7.92. The molecule has 2 aromatic carbocycles. The summed E-state index contributed by atoms with van der Waals surface area (Å²) < 4.78 is 27.6. The molecule has 0 unspecified atom stereocenters. The molecular weight excluding hydrogens is 358 g/mol. The Hall–Kier alpha value is -2.94. The normalized spacial score (nSPS) is 11.2. The lowest BCUT2D eigenvalue weighted by molar-refractivity contribution is -0.385. The smallest absolute Gasteiger partial charge is 0.273 e. The van der Waals surface area contributed by atoms with Crippen LogP contribution in [0.3, 0.4) is 0 Å². The van der Waals surface area contributed by atoms with Crippen molar-refractivity contribution in [3.63, 3.8) is 0 Å². The number of carbonyl (C=O) groups is 1. The molecule has 0 spiro atoms. The molecule has 2 aromatic rings. The summed E-state index contributed by atoms with van der Waals surface area (Å²) in [6, 6.07) is 9.67. The lowest BCUT2D eigenvalue weighted by Crippen LogP contribution is -2.31. The zero-order chi connectivity index (χ0) is 19.5. The van der Waals surface area contributed by atoms with E-state index >= 15 is 0 Å².